The van der Waals surface area contributed by atoms with Gasteiger partial charge < -0.3 is 10.4 Å². The minimum absolute atomic E-state index is 0.0186. The van der Waals surface area contributed by atoms with Crippen LogP contribution in [0, 0.1) is 18.6 Å². The number of carbonyl (C=O) groups is 1. The Morgan fingerprint density at radius 2 is 1.73 bits per heavy atom. The maximum absolute atomic E-state index is 13.7. The zero-order chi connectivity index (χ0) is 16.1. The van der Waals surface area contributed by atoms with E-state index in [0.717, 1.165) is 23.3 Å². The molecule has 0 saturated carbocycles. The molecule has 0 fully saturated rings. The van der Waals surface area contributed by atoms with E-state index in [4.69, 9.17) is 5.11 Å². The summed E-state index contributed by atoms with van der Waals surface area (Å²) in [6.07, 6.45) is 0.563. The average molecular weight is 305 g/mol. The third-order valence-electron chi connectivity index (χ3n) is 3.40. The van der Waals surface area contributed by atoms with Crippen molar-refractivity contribution < 1.29 is 18.7 Å². The minimum atomic E-state index is -0.733. The molecule has 5 heteroatoms. The molecule has 0 aliphatic rings. The Morgan fingerprint density at radius 1 is 1.09 bits per heavy atom. The quantitative estimate of drug-likeness (QED) is 0.892. The second kappa shape index (κ2) is 7.13. The van der Waals surface area contributed by atoms with Crippen LogP contribution in [0.4, 0.5) is 8.78 Å². The number of aryl methyl sites for hydroxylation is 1. The molecule has 2 aromatic carbocycles. The maximum atomic E-state index is 13.7. The summed E-state index contributed by atoms with van der Waals surface area (Å²) in [7, 11) is 0. The minimum Gasteiger partial charge on any atom is -0.392 e. The van der Waals surface area contributed by atoms with Crippen LogP contribution in [0.15, 0.2) is 36.4 Å². The van der Waals surface area contributed by atoms with E-state index >= 15 is 0 Å². The van der Waals surface area contributed by atoms with Crippen LogP contribution in [0.25, 0.3) is 0 Å². The molecule has 1 amide bonds. The standard InChI is InChI=1S/C17H17F2NO2/c1-11-8-16(19)14(9-15(11)18)17(22)20-7-6-12-2-4-13(10-21)5-3-12/h2-5,8-9,21H,6-7,10H2,1H3,(H,20,22). The smallest absolute Gasteiger partial charge is 0.254 e. The summed E-state index contributed by atoms with van der Waals surface area (Å²) < 4.78 is 27.1. The number of rotatable bonds is 5. The van der Waals surface area contributed by atoms with Gasteiger partial charge in [-0.3, -0.25) is 4.79 Å². The van der Waals surface area contributed by atoms with Crippen LogP contribution in [-0.2, 0) is 13.0 Å². The highest BCUT2D eigenvalue weighted by Crippen LogP contribution is 2.14. The van der Waals surface area contributed by atoms with Gasteiger partial charge in [0.15, 0.2) is 0 Å². The van der Waals surface area contributed by atoms with E-state index in [-0.39, 0.29) is 17.7 Å². The first kappa shape index (κ1) is 16.1. The van der Waals surface area contributed by atoms with Gasteiger partial charge in [0.25, 0.3) is 5.91 Å². The van der Waals surface area contributed by atoms with Gasteiger partial charge in [-0.25, -0.2) is 8.78 Å². The van der Waals surface area contributed by atoms with Crippen molar-refractivity contribution in [3.63, 3.8) is 0 Å². The molecule has 0 spiro atoms. The van der Waals surface area contributed by atoms with Crippen LogP contribution in [-0.4, -0.2) is 17.6 Å². The molecule has 2 aromatic rings. The molecule has 116 valence electrons. The molecule has 0 radical (unpaired) electrons. The molecule has 0 aromatic heterocycles. The molecular weight excluding hydrogens is 288 g/mol. The highest BCUT2D eigenvalue weighted by molar-refractivity contribution is 5.94. The average Bonchev–Trinajstić information content (AvgIpc) is 2.51. The van der Waals surface area contributed by atoms with Crippen molar-refractivity contribution >= 4 is 5.91 Å². The van der Waals surface area contributed by atoms with Crippen LogP contribution < -0.4 is 5.32 Å². The van der Waals surface area contributed by atoms with E-state index in [1.807, 2.05) is 12.1 Å². The fourth-order valence-corrected chi connectivity index (χ4v) is 2.05. The fraction of sp³-hybridized carbons (Fsp3) is 0.235. The van der Waals surface area contributed by atoms with Crippen LogP contribution in [0.1, 0.15) is 27.0 Å². The van der Waals surface area contributed by atoms with Crippen molar-refractivity contribution in [1.82, 2.24) is 5.32 Å². The third kappa shape index (κ3) is 3.89. The van der Waals surface area contributed by atoms with Crippen molar-refractivity contribution in [2.24, 2.45) is 0 Å². The summed E-state index contributed by atoms with van der Waals surface area (Å²) in [6, 6.07) is 9.22. The number of hydrogen-bond donors (Lipinski definition) is 2. The lowest BCUT2D eigenvalue weighted by Crippen LogP contribution is -2.26. The van der Waals surface area contributed by atoms with E-state index in [2.05, 4.69) is 5.32 Å². The van der Waals surface area contributed by atoms with Gasteiger partial charge in [-0.1, -0.05) is 24.3 Å². The Labute approximate surface area is 127 Å². The van der Waals surface area contributed by atoms with Gasteiger partial charge in [-0.2, -0.15) is 0 Å². The second-order valence-electron chi connectivity index (χ2n) is 5.06. The summed E-state index contributed by atoms with van der Waals surface area (Å²) >= 11 is 0. The molecule has 0 unspecified atom stereocenters. The summed E-state index contributed by atoms with van der Waals surface area (Å²) in [5.41, 5.74) is 1.66. The topological polar surface area (TPSA) is 49.3 Å². The lowest BCUT2D eigenvalue weighted by molar-refractivity contribution is 0.0949. The van der Waals surface area contributed by atoms with E-state index in [0.29, 0.717) is 13.0 Å². The van der Waals surface area contributed by atoms with Gasteiger partial charge in [0.1, 0.15) is 11.6 Å². The van der Waals surface area contributed by atoms with E-state index < -0.39 is 17.5 Å². The maximum Gasteiger partial charge on any atom is 0.254 e. The lowest BCUT2D eigenvalue weighted by Gasteiger charge is -2.08. The number of hydrogen-bond acceptors (Lipinski definition) is 2. The van der Waals surface area contributed by atoms with Crippen LogP contribution >= 0.6 is 0 Å². The van der Waals surface area contributed by atoms with Crippen molar-refractivity contribution in [3.05, 3.63) is 70.3 Å². The Morgan fingerprint density at radius 3 is 2.36 bits per heavy atom. The molecule has 22 heavy (non-hydrogen) atoms. The van der Waals surface area contributed by atoms with Crippen molar-refractivity contribution in [1.29, 1.82) is 0 Å². The van der Waals surface area contributed by atoms with E-state index in [1.54, 1.807) is 12.1 Å². The van der Waals surface area contributed by atoms with E-state index in [9.17, 15) is 13.6 Å². The highest BCUT2D eigenvalue weighted by Gasteiger charge is 2.14. The van der Waals surface area contributed by atoms with Gasteiger partial charge in [-0.15, -0.1) is 0 Å². The largest absolute Gasteiger partial charge is 0.392 e. The summed E-state index contributed by atoms with van der Waals surface area (Å²) in [6.45, 7) is 1.73. The van der Waals surface area contributed by atoms with Crippen LogP contribution in [0.3, 0.4) is 0 Å². The SMILES string of the molecule is Cc1cc(F)c(C(=O)NCCc2ccc(CO)cc2)cc1F. The number of nitrogens with one attached hydrogen (secondary N) is 1. The van der Waals surface area contributed by atoms with Crippen molar-refractivity contribution in [2.75, 3.05) is 6.54 Å². The molecule has 0 aliphatic carbocycles. The van der Waals surface area contributed by atoms with Gasteiger partial charge in [0.05, 0.1) is 12.2 Å². The molecule has 0 saturated heterocycles. The summed E-state index contributed by atoms with van der Waals surface area (Å²) in [4.78, 5) is 11.9. The zero-order valence-corrected chi connectivity index (χ0v) is 12.2. The number of aliphatic hydroxyl groups is 1. The van der Waals surface area contributed by atoms with Gasteiger partial charge in [0, 0.05) is 6.54 Å². The number of amides is 1. The molecule has 2 N–H and O–H groups in total. The Hall–Kier alpha value is -2.27. The first-order chi connectivity index (χ1) is 10.5. The molecule has 2 rings (SSSR count). The van der Waals surface area contributed by atoms with Crippen molar-refractivity contribution in [3.8, 4) is 0 Å². The lowest BCUT2D eigenvalue weighted by atomic mass is 10.1. The van der Waals surface area contributed by atoms with Gasteiger partial charge in [-0.05, 0) is 42.2 Å². The number of carbonyl (C=O) groups excluding carboxylic acids is 1. The monoisotopic (exact) mass is 305 g/mol. The number of halogens is 2. The Bertz CT molecular complexity index is 669. The molecule has 3 nitrogen and oxygen atoms in total. The van der Waals surface area contributed by atoms with E-state index in [1.165, 1.54) is 6.92 Å². The molecule has 0 atom stereocenters. The first-order valence-electron chi connectivity index (χ1n) is 6.94. The van der Waals surface area contributed by atoms with Gasteiger partial charge >= 0.3 is 0 Å². The van der Waals surface area contributed by atoms with Gasteiger partial charge in [0.2, 0.25) is 0 Å². The normalized spacial score (nSPS) is 10.5. The van der Waals surface area contributed by atoms with Crippen LogP contribution in [0.5, 0.6) is 0 Å². The molecule has 0 heterocycles. The Balaban J connectivity index is 1.94. The summed E-state index contributed by atoms with van der Waals surface area (Å²) in [5, 5.41) is 11.5. The summed E-state index contributed by atoms with van der Waals surface area (Å²) in [5.74, 6) is -1.97. The second-order valence-corrected chi connectivity index (χ2v) is 5.06. The number of aliphatic hydroxyl groups excluding tert-OH is 1. The highest BCUT2D eigenvalue weighted by atomic mass is 19.1. The number of benzene rings is 2. The Kier molecular flexibility index (Phi) is 5.22. The van der Waals surface area contributed by atoms with Crippen molar-refractivity contribution in [2.45, 2.75) is 20.0 Å². The zero-order valence-electron chi connectivity index (χ0n) is 12.2. The molecular formula is C17H17F2NO2. The first-order valence-corrected chi connectivity index (χ1v) is 6.94. The molecule has 0 bridgehead atoms. The molecule has 0 aliphatic heterocycles. The fourth-order valence-electron chi connectivity index (χ4n) is 2.05. The predicted molar refractivity (Wildman–Crippen MR) is 79.5 cm³/mol. The predicted octanol–water partition coefficient (Wildman–Crippen LogP) is 2.74. The van der Waals surface area contributed by atoms with Crippen LogP contribution in [0.2, 0.25) is 0 Å². The third-order valence-corrected chi connectivity index (χ3v) is 3.40.